The van der Waals surface area contributed by atoms with Gasteiger partial charge in [0.05, 0.1) is 10.6 Å². The normalized spacial score (nSPS) is 10.5. The first-order valence-corrected chi connectivity index (χ1v) is 5.49. The van der Waals surface area contributed by atoms with E-state index < -0.39 is 0 Å². The van der Waals surface area contributed by atoms with Crippen LogP contribution in [0.4, 0.5) is 5.13 Å². The molecule has 0 atom stereocenters. The first-order valence-electron chi connectivity index (χ1n) is 3.80. The van der Waals surface area contributed by atoms with Crippen LogP contribution in [-0.2, 0) is 6.54 Å². The molecule has 0 spiro atoms. The Balaban J connectivity index is 2.35. The molecule has 0 radical (unpaired) electrons. The van der Waals surface area contributed by atoms with Crippen LogP contribution in [-0.4, -0.2) is 4.98 Å². The van der Waals surface area contributed by atoms with Crippen molar-refractivity contribution in [3.63, 3.8) is 0 Å². The van der Waals surface area contributed by atoms with Gasteiger partial charge >= 0.3 is 0 Å². The highest BCUT2D eigenvalue weighted by Crippen LogP contribution is 2.29. The number of thiazole rings is 1. The Hall–Kier alpha value is -0.910. The summed E-state index contributed by atoms with van der Waals surface area (Å²) in [5.41, 5.74) is 12.0. The second-order valence-corrected chi connectivity index (χ2v) is 4.60. The van der Waals surface area contributed by atoms with Crippen molar-refractivity contribution in [3.8, 4) is 10.6 Å². The third-order valence-corrected chi connectivity index (χ3v) is 3.44. The number of anilines is 1. The highest BCUT2D eigenvalue weighted by Gasteiger charge is 2.04. The molecule has 0 aliphatic rings. The van der Waals surface area contributed by atoms with Gasteiger partial charge in [-0.25, -0.2) is 4.98 Å². The summed E-state index contributed by atoms with van der Waals surface area (Å²) in [5, 5.41) is 2.57. The van der Waals surface area contributed by atoms with Crippen LogP contribution >= 0.6 is 22.7 Å². The molecule has 2 rings (SSSR count). The van der Waals surface area contributed by atoms with E-state index in [2.05, 4.69) is 4.98 Å². The molecule has 0 saturated heterocycles. The lowest BCUT2D eigenvalue weighted by atomic mass is 10.4. The predicted molar refractivity (Wildman–Crippen MR) is 57.7 cm³/mol. The summed E-state index contributed by atoms with van der Waals surface area (Å²) in [4.78, 5) is 6.50. The molecule has 0 aliphatic heterocycles. The quantitative estimate of drug-likeness (QED) is 0.797. The summed E-state index contributed by atoms with van der Waals surface area (Å²) in [7, 11) is 0. The second kappa shape index (κ2) is 3.45. The number of nitrogens with two attached hydrogens (primary N) is 2. The molecule has 4 N–H and O–H groups in total. The lowest BCUT2D eigenvalue weighted by Crippen LogP contribution is -1.90. The van der Waals surface area contributed by atoms with E-state index >= 15 is 0 Å². The molecular weight excluding hydrogens is 202 g/mol. The van der Waals surface area contributed by atoms with E-state index in [1.807, 2.05) is 17.5 Å². The highest BCUT2D eigenvalue weighted by molar-refractivity contribution is 7.16. The Morgan fingerprint density at radius 3 is 2.77 bits per heavy atom. The number of aromatic nitrogens is 1. The van der Waals surface area contributed by atoms with Crippen molar-refractivity contribution in [1.82, 2.24) is 4.98 Å². The first-order chi connectivity index (χ1) is 6.29. The Bertz CT molecular complexity index is 405. The van der Waals surface area contributed by atoms with E-state index in [0.717, 1.165) is 10.6 Å². The summed E-state index contributed by atoms with van der Waals surface area (Å²) in [6, 6.07) is 4.05. The van der Waals surface area contributed by atoms with Crippen molar-refractivity contribution >= 4 is 27.8 Å². The van der Waals surface area contributed by atoms with Gasteiger partial charge in [-0.2, -0.15) is 0 Å². The first kappa shape index (κ1) is 8.68. The Morgan fingerprint density at radius 2 is 2.23 bits per heavy atom. The fourth-order valence-electron chi connectivity index (χ4n) is 1.03. The fraction of sp³-hybridized carbons (Fsp3) is 0.125. The van der Waals surface area contributed by atoms with Crippen molar-refractivity contribution < 1.29 is 0 Å². The molecule has 0 bridgehead atoms. The Morgan fingerprint density at radius 1 is 1.38 bits per heavy atom. The predicted octanol–water partition coefficient (Wildman–Crippen LogP) is 1.91. The van der Waals surface area contributed by atoms with E-state index in [-0.39, 0.29) is 0 Å². The van der Waals surface area contributed by atoms with E-state index in [0.29, 0.717) is 11.7 Å². The van der Waals surface area contributed by atoms with Gasteiger partial charge in [0, 0.05) is 16.8 Å². The van der Waals surface area contributed by atoms with Crippen molar-refractivity contribution in [2.24, 2.45) is 5.73 Å². The molecular formula is C8H9N3S2. The highest BCUT2D eigenvalue weighted by atomic mass is 32.1. The van der Waals surface area contributed by atoms with Crippen LogP contribution in [0, 0.1) is 0 Å². The standard InChI is InChI=1S/C8H9N3S2/c9-3-5-1-2-7(13-5)6-4-12-8(10)11-6/h1-2,4H,3,9H2,(H2,10,11). The Labute approximate surface area is 84.0 Å². The number of rotatable bonds is 2. The summed E-state index contributed by atoms with van der Waals surface area (Å²) in [6.07, 6.45) is 0. The number of hydrogen-bond acceptors (Lipinski definition) is 5. The van der Waals surface area contributed by atoms with E-state index in [4.69, 9.17) is 11.5 Å². The molecule has 2 heterocycles. The summed E-state index contributed by atoms with van der Waals surface area (Å²) in [5.74, 6) is 0. The van der Waals surface area contributed by atoms with E-state index in [1.54, 1.807) is 11.3 Å². The van der Waals surface area contributed by atoms with Gasteiger partial charge < -0.3 is 11.5 Å². The van der Waals surface area contributed by atoms with Gasteiger partial charge in [-0.15, -0.1) is 22.7 Å². The monoisotopic (exact) mass is 211 g/mol. The van der Waals surface area contributed by atoms with E-state index in [1.165, 1.54) is 16.2 Å². The van der Waals surface area contributed by atoms with Crippen LogP contribution in [0.5, 0.6) is 0 Å². The van der Waals surface area contributed by atoms with Gasteiger partial charge in [0.1, 0.15) is 0 Å². The minimum absolute atomic E-state index is 0.588. The maximum atomic E-state index is 5.54. The lowest BCUT2D eigenvalue weighted by molar-refractivity contribution is 1.11. The average Bonchev–Trinajstić information content (AvgIpc) is 2.71. The van der Waals surface area contributed by atoms with Gasteiger partial charge in [0.25, 0.3) is 0 Å². The van der Waals surface area contributed by atoms with Crippen LogP contribution in [0.15, 0.2) is 17.5 Å². The van der Waals surface area contributed by atoms with Gasteiger partial charge in [-0.1, -0.05) is 0 Å². The largest absolute Gasteiger partial charge is 0.375 e. The summed E-state index contributed by atoms with van der Waals surface area (Å²) < 4.78 is 0. The molecule has 0 unspecified atom stereocenters. The van der Waals surface area contributed by atoms with Crippen LogP contribution in [0.3, 0.4) is 0 Å². The molecule has 3 nitrogen and oxygen atoms in total. The van der Waals surface area contributed by atoms with Crippen molar-refractivity contribution in [3.05, 3.63) is 22.4 Å². The molecule has 0 fully saturated rings. The Kier molecular flexibility index (Phi) is 2.30. The van der Waals surface area contributed by atoms with Gasteiger partial charge in [-0.3, -0.25) is 0 Å². The molecule has 0 amide bonds. The molecule has 0 saturated carbocycles. The van der Waals surface area contributed by atoms with Crippen LogP contribution in [0.1, 0.15) is 4.88 Å². The van der Waals surface area contributed by atoms with Crippen molar-refractivity contribution in [2.75, 3.05) is 5.73 Å². The van der Waals surface area contributed by atoms with Gasteiger partial charge in [0.15, 0.2) is 5.13 Å². The SMILES string of the molecule is NCc1ccc(-c2csc(N)n2)s1. The molecule has 2 aromatic heterocycles. The van der Waals surface area contributed by atoms with Crippen LogP contribution < -0.4 is 11.5 Å². The van der Waals surface area contributed by atoms with Gasteiger partial charge in [-0.05, 0) is 12.1 Å². The van der Waals surface area contributed by atoms with E-state index in [9.17, 15) is 0 Å². The zero-order valence-corrected chi connectivity index (χ0v) is 8.49. The number of thiophene rings is 1. The second-order valence-electron chi connectivity index (χ2n) is 2.54. The summed E-state index contributed by atoms with van der Waals surface area (Å²) >= 11 is 3.12. The zero-order chi connectivity index (χ0) is 9.26. The minimum Gasteiger partial charge on any atom is -0.375 e. The zero-order valence-electron chi connectivity index (χ0n) is 6.86. The minimum atomic E-state index is 0.588. The lowest BCUT2D eigenvalue weighted by Gasteiger charge is -1.87. The molecule has 5 heteroatoms. The maximum Gasteiger partial charge on any atom is 0.180 e. The molecule has 2 aromatic rings. The van der Waals surface area contributed by atoms with Crippen molar-refractivity contribution in [1.29, 1.82) is 0 Å². The molecule has 13 heavy (non-hydrogen) atoms. The molecule has 68 valence electrons. The third kappa shape index (κ3) is 1.72. The average molecular weight is 211 g/mol. The van der Waals surface area contributed by atoms with Crippen molar-refractivity contribution in [2.45, 2.75) is 6.54 Å². The van der Waals surface area contributed by atoms with Gasteiger partial charge in [0.2, 0.25) is 0 Å². The van der Waals surface area contributed by atoms with Crippen LogP contribution in [0.2, 0.25) is 0 Å². The molecule has 0 aliphatic carbocycles. The molecule has 0 aromatic carbocycles. The third-order valence-electron chi connectivity index (χ3n) is 1.64. The number of nitrogens with zero attached hydrogens (tertiary/aromatic N) is 1. The number of nitrogen functional groups attached to an aromatic ring is 1. The van der Waals surface area contributed by atoms with Crippen LogP contribution in [0.25, 0.3) is 10.6 Å². The summed E-state index contributed by atoms with van der Waals surface area (Å²) in [6.45, 7) is 0.588. The maximum absolute atomic E-state index is 5.54. The topological polar surface area (TPSA) is 64.9 Å². The number of hydrogen-bond donors (Lipinski definition) is 2. The fourth-order valence-corrected chi connectivity index (χ4v) is 2.51. The smallest absolute Gasteiger partial charge is 0.180 e.